The first-order valence-corrected chi connectivity index (χ1v) is 9.04. The molecule has 2 aromatic heterocycles. The van der Waals surface area contributed by atoms with Gasteiger partial charge in [-0.1, -0.05) is 6.07 Å². The number of hydrogen-bond donors (Lipinski definition) is 1. The quantitative estimate of drug-likeness (QED) is 0.915. The van der Waals surface area contributed by atoms with Gasteiger partial charge in [0.15, 0.2) is 5.82 Å². The van der Waals surface area contributed by atoms with Gasteiger partial charge in [0.2, 0.25) is 5.91 Å². The maximum atomic E-state index is 12.5. The van der Waals surface area contributed by atoms with Crippen LogP contribution < -0.4 is 15.8 Å². The summed E-state index contributed by atoms with van der Waals surface area (Å²) in [6.45, 7) is 3.34. The summed E-state index contributed by atoms with van der Waals surface area (Å²) >= 11 is 1.60. The SMILES string of the molecule is C[C@H](C(=O)N[C@@H]1CCCN(c2nccn(C)c2=O)C1)c1cccs1. The molecule has 0 saturated carbocycles. The van der Waals surface area contributed by atoms with Crippen molar-refractivity contribution in [3.8, 4) is 0 Å². The summed E-state index contributed by atoms with van der Waals surface area (Å²) in [6, 6.07) is 3.99. The minimum Gasteiger partial charge on any atom is -0.351 e. The van der Waals surface area contributed by atoms with Crippen LogP contribution in [-0.2, 0) is 11.8 Å². The second-order valence-corrected chi connectivity index (χ2v) is 7.18. The molecule has 24 heavy (non-hydrogen) atoms. The number of carbonyl (C=O) groups excluding carboxylic acids is 1. The van der Waals surface area contributed by atoms with E-state index >= 15 is 0 Å². The highest BCUT2D eigenvalue weighted by molar-refractivity contribution is 7.10. The van der Waals surface area contributed by atoms with E-state index in [0.717, 1.165) is 24.3 Å². The van der Waals surface area contributed by atoms with E-state index in [9.17, 15) is 9.59 Å². The predicted molar refractivity (Wildman–Crippen MR) is 95.6 cm³/mol. The van der Waals surface area contributed by atoms with Crippen molar-refractivity contribution in [1.82, 2.24) is 14.9 Å². The van der Waals surface area contributed by atoms with E-state index in [1.165, 1.54) is 4.57 Å². The Balaban J connectivity index is 1.66. The van der Waals surface area contributed by atoms with Crippen molar-refractivity contribution >= 4 is 23.1 Å². The lowest BCUT2D eigenvalue weighted by atomic mass is 10.0. The minimum absolute atomic E-state index is 0.0400. The van der Waals surface area contributed by atoms with Crippen LogP contribution in [0.3, 0.4) is 0 Å². The number of anilines is 1. The van der Waals surface area contributed by atoms with Crippen molar-refractivity contribution in [1.29, 1.82) is 0 Å². The van der Waals surface area contributed by atoms with E-state index in [0.29, 0.717) is 12.4 Å². The molecule has 0 aromatic carbocycles. The first-order chi connectivity index (χ1) is 11.6. The van der Waals surface area contributed by atoms with Crippen molar-refractivity contribution in [2.24, 2.45) is 7.05 Å². The summed E-state index contributed by atoms with van der Waals surface area (Å²) in [5.41, 5.74) is -0.101. The Morgan fingerprint density at radius 3 is 3.08 bits per heavy atom. The first kappa shape index (κ1) is 16.7. The number of nitrogens with one attached hydrogen (secondary N) is 1. The summed E-state index contributed by atoms with van der Waals surface area (Å²) in [6.07, 6.45) is 5.14. The van der Waals surface area contributed by atoms with Gasteiger partial charge in [0.25, 0.3) is 5.56 Å². The van der Waals surface area contributed by atoms with E-state index in [1.54, 1.807) is 30.8 Å². The molecule has 1 aliphatic heterocycles. The number of hydrogen-bond acceptors (Lipinski definition) is 5. The molecule has 2 atom stereocenters. The molecular weight excluding hydrogens is 324 g/mol. The molecule has 1 N–H and O–H groups in total. The molecule has 1 amide bonds. The molecule has 3 rings (SSSR count). The molecular formula is C17H22N4O2S. The Labute approximate surface area is 145 Å². The van der Waals surface area contributed by atoms with E-state index in [1.807, 2.05) is 29.3 Å². The van der Waals surface area contributed by atoms with Gasteiger partial charge in [-0.15, -0.1) is 11.3 Å². The summed E-state index contributed by atoms with van der Waals surface area (Å²) in [5, 5.41) is 5.11. The highest BCUT2D eigenvalue weighted by Crippen LogP contribution is 2.22. The fourth-order valence-corrected chi connectivity index (χ4v) is 3.76. The Hall–Kier alpha value is -2.15. The van der Waals surface area contributed by atoms with Crippen molar-refractivity contribution in [3.05, 3.63) is 45.1 Å². The third-order valence-corrected chi connectivity index (χ3v) is 5.48. The third-order valence-electron chi connectivity index (χ3n) is 4.43. The molecule has 0 unspecified atom stereocenters. The molecule has 128 valence electrons. The van der Waals surface area contributed by atoms with E-state index < -0.39 is 0 Å². The number of aryl methyl sites for hydroxylation is 1. The maximum absolute atomic E-state index is 12.5. The molecule has 1 aliphatic rings. The zero-order valence-electron chi connectivity index (χ0n) is 13.9. The summed E-state index contributed by atoms with van der Waals surface area (Å²) in [5.74, 6) is 0.353. The third kappa shape index (κ3) is 3.51. The molecule has 0 bridgehead atoms. The average molecular weight is 346 g/mol. The minimum atomic E-state index is -0.150. The number of aromatic nitrogens is 2. The molecule has 0 spiro atoms. The Bertz CT molecular complexity index is 756. The zero-order chi connectivity index (χ0) is 17.1. The zero-order valence-corrected chi connectivity index (χ0v) is 14.8. The Kier molecular flexibility index (Phi) is 4.99. The van der Waals surface area contributed by atoms with Gasteiger partial charge in [-0.2, -0.15) is 0 Å². The van der Waals surface area contributed by atoms with Crippen LogP contribution >= 0.6 is 11.3 Å². The molecule has 3 heterocycles. The van der Waals surface area contributed by atoms with Crippen LogP contribution in [-0.4, -0.2) is 34.6 Å². The van der Waals surface area contributed by atoms with E-state index in [2.05, 4.69) is 10.3 Å². The monoisotopic (exact) mass is 346 g/mol. The van der Waals surface area contributed by atoms with Crippen molar-refractivity contribution < 1.29 is 4.79 Å². The first-order valence-electron chi connectivity index (χ1n) is 8.16. The molecule has 0 aliphatic carbocycles. The fourth-order valence-electron chi connectivity index (χ4n) is 2.98. The van der Waals surface area contributed by atoms with Gasteiger partial charge in [-0.05, 0) is 31.2 Å². The van der Waals surface area contributed by atoms with E-state index in [4.69, 9.17) is 0 Å². The number of amides is 1. The molecule has 1 saturated heterocycles. The van der Waals surface area contributed by atoms with Gasteiger partial charge < -0.3 is 14.8 Å². The standard InChI is InChI=1S/C17H22N4O2S/c1-12(14-6-4-10-24-14)16(22)19-13-5-3-8-21(11-13)15-17(23)20(2)9-7-18-15/h4,6-7,9-10,12-13H,3,5,8,11H2,1-2H3,(H,19,22)/t12-,13+/m0/s1. The normalized spacial score (nSPS) is 19.1. The summed E-state index contributed by atoms with van der Waals surface area (Å²) in [7, 11) is 1.72. The number of rotatable bonds is 4. The number of carbonyl (C=O) groups is 1. The Morgan fingerprint density at radius 2 is 2.33 bits per heavy atom. The van der Waals surface area contributed by atoms with Crippen LogP contribution in [0.4, 0.5) is 5.82 Å². The average Bonchev–Trinajstić information content (AvgIpc) is 3.11. The van der Waals surface area contributed by atoms with Crippen LogP contribution in [0.5, 0.6) is 0 Å². The highest BCUT2D eigenvalue weighted by Gasteiger charge is 2.26. The molecule has 2 aromatic rings. The van der Waals surface area contributed by atoms with Gasteiger partial charge in [0.1, 0.15) is 0 Å². The van der Waals surface area contributed by atoms with Crippen LogP contribution in [0.1, 0.15) is 30.6 Å². The fraction of sp³-hybridized carbons (Fsp3) is 0.471. The van der Waals surface area contributed by atoms with Crippen molar-refractivity contribution in [2.75, 3.05) is 18.0 Å². The van der Waals surface area contributed by atoms with Gasteiger partial charge in [-0.3, -0.25) is 9.59 Å². The van der Waals surface area contributed by atoms with Crippen molar-refractivity contribution in [2.45, 2.75) is 31.7 Å². The second-order valence-electron chi connectivity index (χ2n) is 6.20. The second kappa shape index (κ2) is 7.17. The molecule has 7 heteroatoms. The maximum Gasteiger partial charge on any atom is 0.293 e. The van der Waals surface area contributed by atoms with Gasteiger partial charge in [-0.25, -0.2) is 4.98 Å². The van der Waals surface area contributed by atoms with E-state index in [-0.39, 0.29) is 23.4 Å². The van der Waals surface area contributed by atoms with Crippen LogP contribution in [0.25, 0.3) is 0 Å². The van der Waals surface area contributed by atoms with Gasteiger partial charge in [0.05, 0.1) is 5.92 Å². The molecule has 1 fully saturated rings. The number of thiophene rings is 1. The smallest absolute Gasteiger partial charge is 0.293 e. The summed E-state index contributed by atoms with van der Waals surface area (Å²) < 4.78 is 1.53. The molecule has 0 radical (unpaired) electrons. The Morgan fingerprint density at radius 1 is 1.50 bits per heavy atom. The lowest BCUT2D eigenvalue weighted by Crippen LogP contribution is -2.50. The topological polar surface area (TPSA) is 67.2 Å². The lowest BCUT2D eigenvalue weighted by molar-refractivity contribution is -0.122. The highest BCUT2D eigenvalue weighted by atomic mass is 32.1. The van der Waals surface area contributed by atoms with Crippen LogP contribution in [0.2, 0.25) is 0 Å². The predicted octanol–water partition coefficient (Wildman–Crippen LogP) is 1.73. The van der Waals surface area contributed by atoms with Crippen LogP contribution in [0, 0.1) is 0 Å². The number of piperidine rings is 1. The molecule has 6 nitrogen and oxygen atoms in total. The number of nitrogens with zero attached hydrogens (tertiary/aromatic N) is 3. The van der Waals surface area contributed by atoms with Crippen LogP contribution in [0.15, 0.2) is 34.7 Å². The van der Waals surface area contributed by atoms with Gasteiger partial charge in [0, 0.05) is 43.4 Å². The van der Waals surface area contributed by atoms with Crippen molar-refractivity contribution in [3.63, 3.8) is 0 Å². The summed E-state index contributed by atoms with van der Waals surface area (Å²) in [4.78, 5) is 32.0. The largest absolute Gasteiger partial charge is 0.351 e. The van der Waals surface area contributed by atoms with Gasteiger partial charge >= 0.3 is 0 Å². The lowest BCUT2D eigenvalue weighted by Gasteiger charge is -2.34.